The normalized spacial score (nSPS) is 23.2. The topological polar surface area (TPSA) is 68.0 Å². The van der Waals surface area contributed by atoms with Gasteiger partial charge in [0, 0.05) is 18.8 Å². The van der Waals surface area contributed by atoms with Gasteiger partial charge in [0.1, 0.15) is 0 Å². The van der Waals surface area contributed by atoms with Crippen LogP contribution in [-0.4, -0.2) is 16.0 Å². The van der Waals surface area contributed by atoms with Crippen LogP contribution in [0.3, 0.4) is 0 Å². The number of rotatable bonds is 8. The molecule has 1 heterocycles. The highest BCUT2D eigenvalue weighted by Gasteiger charge is 2.40. The van der Waals surface area contributed by atoms with Crippen molar-refractivity contribution >= 4 is 5.91 Å². The number of aryl methyl sites for hydroxylation is 1. The number of carbonyl (C=O) groups is 1. The number of amides is 1. The number of aromatic nitrogens is 2. The third kappa shape index (κ3) is 4.09. The van der Waals surface area contributed by atoms with Crippen LogP contribution in [0.4, 0.5) is 0 Å². The Kier molecular flexibility index (Phi) is 4.55. The molecule has 2 saturated carbocycles. The zero-order chi connectivity index (χ0) is 17.2. The number of carbonyl (C=O) groups excluding carboxylic acids is 1. The predicted molar refractivity (Wildman–Crippen MR) is 93.8 cm³/mol. The molecule has 1 amide bonds. The van der Waals surface area contributed by atoms with E-state index in [1.54, 1.807) is 0 Å². The fourth-order valence-electron chi connectivity index (χ4n) is 3.44. The molecule has 0 bridgehead atoms. The summed E-state index contributed by atoms with van der Waals surface area (Å²) in [5.41, 5.74) is 1.20. The summed E-state index contributed by atoms with van der Waals surface area (Å²) in [7, 11) is 0. The molecular weight excluding hydrogens is 314 g/mol. The molecule has 25 heavy (non-hydrogen) atoms. The molecule has 2 aliphatic carbocycles. The first-order chi connectivity index (χ1) is 12.2. The van der Waals surface area contributed by atoms with E-state index in [0.29, 0.717) is 36.5 Å². The molecule has 1 aromatic heterocycles. The quantitative estimate of drug-likeness (QED) is 0.794. The molecule has 1 aromatic carbocycles. The van der Waals surface area contributed by atoms with Gasteiger partial charge in [-0.25, -0.2) is 0 Å². The van der Waals surface area contributed by atoms with Crippen molar-refractivity contribution in [3.63, 3.8) is 0 Å². The van der Waals surface area contributed by atoms with E-state index in [1.165, 1.54) is 24.8 Å². The maximum Gasteiger partial charge on any atom is 0.226 e. The summed E-state index contributed by atoms with van der Waals surface area (Å²) in [6.45, 7) is 2.25. The Morgan fingerprint density at radius 1 is 1.32 bits per heavy atom. The highest BCUT2D eigenvalue weighted by Crippen LogP contribution is 2.47. The van der Waals surface area contributed by atoms with E-state index in [9.17, 15) is 4.79 Å². The van der Waals surface area contributed by atoms with Gasteiger partial charge in [-0.2, -0.15) is 4.98 Å². The van der Waals surface area contributed by atoms with E-state index in [0.717, 1.165) is 12.2 Å². The van der Waals surface area contributed by atoms with Crippen LogP contribution < -0.4 is 5.32 Å². The van der Waals surface area contributed by atoms with Crippen LogP contribution in [0, 0.1) is 11.8 Å². The Morgan fingerprint density at radius 3 is 2.76 bits per heavy atom. The predicted octanol–water partition coefficient (Wildman–Crippen LogP) is 3.78. The third-order valence-electron chi connectivity index (χ3n) is 5.30. The van der Waals surface area contributed by atoms with Gasteiger partial charge in [0.25, 0.3) is 0 Å². The second-order valence-electron chi connectivity index (χ2n) is 7.51. The highest BCUT2D eigenvalue weighted by molar-refractivity contribution is 5.76. The molecule has 0 aliphatic heterocycles. The van der Waals surface area contributed by atoms with E-state index in [1.807, 2.05) is 18.2 Å². The molecule has 2 aromatic rings. The van der Waals surface area contributed by atoms with Crippen molar-refractivity contribution < 1.29 is 9.32 Å². The standard InChI is InChI=1S/C20H25N3O2/c1-13-12-16(13)19(14-6-3-2-4-7-14)21-17(24)8-5-9-18-22-20(23-25-18)15-10-11-15/h2-4,6-7,13,15-16,19H,5,8-12H2,1H3,(H,21,24). The van der Waals surface area contributed by atoms with Gasteiger partial charge in [-0.3, -0.25) is 4.79 Å². The molecule has 2 fully saturated rings. The molecule has 0 saturated heterocycles. The van der Waals surface area contributed by atoms with Gasteiger partial charge >= 0.3 is 0 Å². The first kappa shape index (κ1) is 16.3. The summed E-state index contributed by atoms with van der Waals surface area (Å²) in [4.78, 5) is 16.8. The molecule has 3 unspecified atom stereocenters. The van der Waals surface area contributed by atoms with Gasteiger partial charge in [0.2, 0.25) is 11.8 Å². The van der Waals surface area contributed by atoms with Crippen LogP contribution in [-0.2, 0) is 11.2 Å². The van der Waals surface area contributed by atoms with E-state index < -0.39 is 0 Å². The van der Waals surface area contributed by atoms with Crippen LogP contribution in [0.5, 0.6) is 0 Å². The van der Waals surface area contributed by atoms with E-state index in [4.69, 9.17) is 4.52 Å². The summed E-state index contributed by atoms with van der Waals surface area (Å²) in [6.07, 6.45) is 5.42. The van der Waals surface area contributed by atoms with Gasteiger partial charge < -0.3 is 9.84 Å². The van der Waals surface area contributed by atoms with Crippen molar-refractivity contribution in [2.24, 2.45) is 11.8 Å². The fourth-order valence-corrected chi connectivity index (χ4v) is 3.44. The number of hydrogen-bond acceptors (Lipinski definition) is 4. The summed E-state index contributed by atoms with van der Waals surface area (Å²) in [5, 5.41) is 7.26. The SMILES string of the molecule is CC1CC1C(NC(=O)CCCc1nc(C2CC2)no1)c1ccccc1. The van der Waals surface area contributed by atoms with E-state index in [-0.39, 0.29) is 11.9 Å². The van der Waals surface area contributed by atoms with Gasteiger partial charge in [-0.15, -0.1) is 0 Å². The Morgan fingerprint density at radius 2 is 2.08 bits per heavy atom. The fraction of sp³-hybridized carbons (Fsp3) is 0.550. The highest BCUT2D eigenvalue weighted by atomic mass is 16.5. The van der Waals surface area contributed by atoms with Crippen LogP contribution in [0.25, 0.3) is 0 Å². The molecule has 3 atom stereocenters. The first-order valence-electron chi connectivity index (χ1n) is 9.37. The van der Waals surface area contributed by atoms with E-state index in [2.05, 4.69) is 34.5 Å². The van der Waals surface area contributed by atoms with Crippen molar-refractivity contribution in [1.82, 2.24) is 15.5 Å². The summed E-state index contributed by atoms with van der Waals surface area (Å²) in [5.74, 6) is 3.35. The van der Waals surface area contributed by atoms with Crippen LogP contribution in [0.1, 0.15) is 68.3 Å². The molecule has 2 aliphatic rings. The Labute approximate surface area is 148 Å². The molecular formula is C20H25N3O2. The zero-order valence-corrected chi connectivity index (χ0v) is 14.6. The molecule has 0 spiro atoms. The maximum absolute atomic E-state index is 12.4. The minimum atomic E-state index is 0.106. The van der Waals surface area contributed by atoms with E-state index >= 15 is 0 Å². The van der Waals surface area contributed by atoms with Crippen molar-refractivity contribution in [1.29, 1.82) is 0 Å². The second-order valence-corrected chi connectivity index (χ2v) is 7.51. The van der Waals surface area contributed by atoms with Gasteiger partial charge in [-0.1, -0.05) is 42.4 Å². The lowest BCUT2D eigenvalue weighted by Crippen LogP contribution is -2.30. The lowest BCUT2D eigenvalue weighted by atomic mass is 10.0. The average molecular weight is 339 g/mol. The Bertz CT molecular complexity index is 724. The number of nitrogens with zero attached hydrogens (tertiary/aromatic N) is 2. The minimum absolute atomic E-state index is 0.106. The average Bonchev–Trinajstić information content (AvgIpc) is 3.54. The summed E-state index contributed by atoms with van der Waals surface area (Å²) < 4.78 is 5.27. The lowest BCUT2D eigenvalue weighted by Gasteiger charge is -2.19. The largest absolute Gasteiger partial charge is 0.349 e. The molecule has 132 valence electrons. The number of benzene rings is 1. The van der Waals surface area contributed by atoms with Crippen LogP contribution in [0.15, 0.2) is 34.9 Å². The first-order valence-corrected chi connectivity index (χ1v) is 9.37. The summed E-state index contributed by atoms with van der Waals surface area (Å²) in [6, 6.07) is 10.4. The third-order valence-corrected chi connectivity index (χ3v) is 5.30. The monoisotopic (exact) mass is 339 g/mol. The molecule has 1 N–H and O–H groups in total. The number of hydrogen-bond donors (Lipinski definition) is 1. The van der Waals surface area contributed by atoms with Crippen LogP contribution >= 0.6 is 0 Å². The van der Waals surface area contributed by atoms with Gasteiger partial charge in [0.15, 0.2) is 5.82 Å². The molecule has 5 nitrogen and oxygen atoms in total. The lowest BCUT2D eigenvalue weighted by molar-refractivity contribution is -0.122. The van der Waals surface area contributed by atoms with Gasteiger partial charge in [0.05, 0.1) is 6.04 Å². The summed E-state index contributed by atoms with van der Waals surface area (Å²) >= 11 is 0. The zero-order valence-electron chi connectivity index (χ0n) is 14.6. The van der Waals surface area contributed by atoms with Crippen LogP contribution in [0.2, 0.25) is 0 Å². The van der Waals surface area contributed by atoms with Crippen molar-refractivity contribution in [3.05, 3.63) is 47.6 Å². The smallest absolute Gasteiger partial charge is 0.226 e. The molecule has 5 heteroatoms. The molecule has 4 rings (SSSR count). The maximum atomic E-state index is 12.4. The Balaban J connectivity index is 1.28. The van der Waals surface area contributed by atoms with Crippen molar-refractivity contribution in [3.8, 4) is 0 Å². The van der Waals surface area contributed by atoms with Crippen molar-refractivity contribution in [2.45, 2.75) is 57.4 Å². The molecule has 0 radical (unpaired) electrons. The number of nitrogens with one attached hydrogen (secondary N) is 1. The van der Waals surface area contributed by atoms with Crippen molar-refractivity contribution in [2.75, 3.05) is 0 Å². The minimum Gasteiger partial charge on any atom is -0.349 e. The Hall–Kier alpha value is -2.17. The second kappa shape index (κ2) is 6.98. The van der Waals surface area contributed by atoms with Gasteiger partial charge in [-0.05, 0) is 43.1 Å².